The maximum atomic E-state index is 6.47. The van der Waals surface area contributed by atoms with Gasteiger partial charge in [0.05, 0.1) is 16.8 Å². The third-order valence-electron chi connectivity index (χ3n) is 5.31. The number of nitrogens with one attached hydrogen (secondary N) is 1. The summed E-state index contributed by atoms with van der Waals surface area (Å²) in [5.74, 6) is 1.62. The Labute approximate surface area is 143 Å². The van der Waals surface area contributed by atoms with Gasteiger partial charge in [-0.2, -0.15) is 0 Å². The van der Waals surface area contributed by atoms with Crippen LogP contribution in [0, 0.1) is 5.92 Å². The molecule has 2 aromatic carbocycles. The van der Waals surface area contributed by atoms with Gasteiger partial charge in [-0.15, -0.1) is 0 Å². The Morgan fingerprint density at radius 1 is 1.09 bits per heavy atom. The Kier molecular flexibility index (Phi) is 3.69. The molecule has 23 heavy (non-hydrogen) atoms. The molecule has 3 atom stereocenters. The van der Waals surface area contributed by atoms with Crippen molar-refractivity contribution in [1.82, 2.24) is 0 Å². The summed E-state index contributed by atoms with van der Waals surface area (Å²) in [7, 11) is 0. The molecule has 1 heterocycles. The lowest BCUT2D eigenvalue weighted by Gasteiger charge is -2.38. The number of anilines is 1. The summed E-state index contributed by atoms with van der Waals surface area (Å²) in [5, 5.41) is 4.55. The van der Waals surface area contributed by atoms with E-state index in [9.17, 15) is 0 Å². The summed E-state index contributed by atoms with van der Waals surface area (Å²) in [4.78, 5) is 0. The number of rotatable bonds is 2. The van der Waals surface area contributed by atoms with Crippen molar-refractivity contribution >= 4 is 17.3 Å². The lowest BCUT2D eigenvalue weighted by atomic mass is 9.77. The smallest absolute Gasteiger partial charge is 0.0640 e. The van der Waals surface area contributed by atoms with E-state index in [2.05, 4.69) is 67.7 Å². The first-order valence-corrected chi connectivity index (χ1v) is 8.84. The first-order chi connectivity index (χ1) is 11.1. The normalized spacial score (nSPS) is 25.1. The summed E-state index contributed by atoms with van der Waals surface area (Å²) in [6.07, 6.45) is 5.80. The molecule has 0 bridgehead atoms. The Morgan fingerprint density at radius 2 is 1.87 bits per heavy atom. The van der Waals surface area contributed by atoms with E-state index in [0.29, 0.717) is 23.8 Å². The molecule has 4 rings (SSSR count). The van der Waals surface area contributed by atoms with Gasteiger partial charge in [-0.25, -0.2) is 0 Å². The zero-order chi connectivity index (χ0) is 16.0. The number of hydrogen-bond donors (Lipinski definition) is 1. The second kappa shape index (κ2) is 5.72. The lowest BCUT2D eigenvalue weighted by molar-refractivity contribution is 0.425. The first-order valence-electron chi connectivity index (χ1n) is 8.46. The highest BCUT2D eigenvalue weighted by Gasteiger charge is 2.38. The van der Waals surface area contributed by atoms with Crippen molar-refractivity contribution < 1.29 is 0 Å². The minimum absolute atomic E-state index is 0.323. The van der Waals surface area contributed by atoms with Crippen molar-refractivity contribution in [3.8, 4) is 0 Å². The molecule has 1 aliphatic heterocycles. The Hall–Kier alpha value is -1.73. The second-order valence-electron chi connectivity index (χ2n) is 7.00. The van der Waals surface area contributed by atoms with E-state index in [1.54, 1.807) is 0 Å². The molecule has 0 saturated heterocycles. The quantitative estimate of drug-likeness (QED) is 0.640. The Morgan fingerprint density at radius 3 is 2.61 bits per heavy atom. The number of fused-ring (bicyclic) bond motifs is 3. The van der Waals surface area contributed by atoms with E-state index in [0.717, 1.165) is 17.1 Å². The largest absolute Gasteiger partial charge is 0.376 e. The van der Waals surface area contributed by atoms with Crippen LogP contribution in [0.2, 0.25) is 5.02 Å². The summed E-state index contributed by atoms with van der Waals surface area (Å²) >= 11 is 6.47. The SMILES string of the molecule is CC(C)c1ccc(C2Nc3c(Cl)cccc3C3C=CCC32)cc1. The van der Waals surface area contributed by atoms with E-state index in [1.807, 2.05) is 6.07 Å². The average molecular weight is 324 g/mol. The van der Waals surface area contributed by atoms with E-state index in [-0.39, 0.29) is 0 Å². The van der Waals surface area contributed by atoms with Crippen LogP contribution in [0.15, 0.2) is 54.6 Å². The predicted octanol–water partition coefficient (Wildman–Crippen LogP) is 6.29. The zero-order valence-corrected chi connectivity index (χ0v) is 14.3. The molecule has 118 valence electrons. The number of hydrogen-bond acceptors (Lipinski definition) is 1. The van der Waals surface area contributed by atoms with Gasteiger partial charge < -0.3 is 5.32 Å². The van der Waals surface area contributed by atoms with Crippen LogP contribution in [0.25, 0.3) is 0 Å². The molecule has 3 unspecified atom stereocenters. The van der Waals surface area contributed by atoms with Gasteiger partial charge in [0.15, 0.2) is 0 Å². The van der Waals surface area contributed by atoms with Gasteiger partial charge in [0.2, 0.25) is 0 Å². The minimum atomic E-state index is 0.323. The second-order valence-corrected chi connectivity index (χ2v) is 7.41. The fourth-order valence-corrected chi connectivity index (χ4v) is 4.24. The van der Waals surface area contributed by atoms with Gasteiger partial charge in [-0.3, -0.25) is 0 Å². The van der Waals surface area contributed by atoms with E-state index in [1.165, 1.54) is 16.7 Å². The lowest BCUT2D eigenvalue weighted by Crippen LogP contribution is -2.29. The molecule has 2 heteroatoms. The van der Waals surface area contributed by atoms with Gasteiger partial charge >= 0.3 is 0 Å². The van der Waals surface area contributed by atoms with Crippen LogP contribution in [0.3, 0.4) is 0 Å². The van der Waals surface area contributed by atoms with Crippen LogP contribution in [0.1, 0.15) is 54.8 Å². The molecule has 0 aromatic heterocycles. The maximum absolute atomic E-state index is 6.47. The average Bonchev–Trinajstić information content (AvgIpc) is 3.04. The standard InChI is InChI=1S/C21H22ClN/c1-13(2)14-9-11-15(12-10-14)20-17-6-3-5-16(17)18-7-4-8-19(22)21(18)23-20/h3-5,7-13,16-17,20,23H,6H2,1-2H3. The molecule has 0 fully saturated rings. The Balaban J connectivity index is 1.74. The van der Waals surface area contributed by atoms with Crippen LogP contribution >= 0.6 is 11.6 Å². The Bertz CT molecular complexity index is 745. The van der Waals surface area contributed by atoms with Gasteiger partial charge in [0.1, 0.15) is 0 Å². The number of halogens is 1. The van der Waals surface area contributed by atoms with Crippen LogP contribution in [-0.4, -0.2) is 0 Å². The van der Waals surface area contributed by atoms with E-state index < -0.39 is 0 Å². The highest BCUT2D eigenvalue weighted by atomic mass is 35.5. The minimum Gasteiger partial charge on any atom is -0.376 e. The van der Waals surface area contributed by atoms with Crippen molar-refractivity contribution in [3.63, 3.8) is 0 Å². The molecule has 0 saturated carbocycles. The maximum Gasteiger partial charge on any atom is 0.0640 e. The fourth-order valence-electron chi connectivity index (χ4n) is 4.00. The summed E-state index contributed by atoms with van der Waals surface area (Å²) in [6, 6.07) is 15.7. The molecular weight excluding hydrogens is 302 g/mol. The van der Waals surface area contributed by atoms with E-state index in [4.69, 9.17) is 11.6 Å². The number of para-hydroxylation sites is 1. The molecule has 0 spiro atoms. The highest BCUT2D eigenvalue weighted by molar-refractivity contribution is 6.33. The van der Waals surface area contributed by atoms with Crippen molar-refractivity contribution in [3.05, 3.63) is 76.3 Å². The number of allylic oxidation sites excluding steroid dienone is 2. The molecule has 2 aromatic rings. The van der Waals surface area contributed by atoms with Gasteiger partial charge in [-0.05, 0) is 41.0 Å². The topological polar surface area (TPSA) is 12.0 Å². The van der Waals surface area contributed by atoms with Crippen LogP contribution in [0.5, 0.6) is 0 Å². The van der Waals surface area contributed by atoms with Gasteiger partial charge in [0.25, 0.3) is 0 Å². The molecule has 1 N–H and O–H groups in total. The first kappa shape index (κ1) is 14.8. The number of benzene rings is 2. The summed E-state index contributed by atoms with van der Waals surface area (Å²) in [5.41, 5.74) is 5.20. The van der Waals surface area contributed by atoms with Crippen molar-refractivity contribution in [2.24, 2.45) is 5.92 Å². The van der Waals surface area contributed by atoms with Crippen LogP contribution in [0.4, 0.5) is 5.69 Å². The summed E-state index contributed by atoms with van der Waals surface area (Å²) in [6.45, 7) is 4.47. The molecular formula is C21H22ClN. The molecule has 1 aliphatic carbocycles. The van der Waals surface area contributed by atoms with Crippen molar-refractivity contribution in [1.29, 1.82) is 0 Å². The monoisotopic (exact) mass is 323 g/mol. The van der Waals surface area contributed by atoms with Gasteiger partial charge in [0, 0.05) is 5.92 Å². The van der Waals surface area contributed by atoms with Crippen molar-refractivity contribution in [2.45, 2.75) is 38.1 Å². The van der Waals surface area contributed by atoms with Gasteiger partial charge in [-0.1, -0.05) is 74.0 Å². The van der Waals surface area contributed by atoms with E-state index >= 15 is 0 Å². The molecule has 2 aliphatic rings. The van der Waals surface area contributed by atoms with Crippen LogP contribution in [-0.2, 0) is 0 Å². The predicted molar refractivity (Wildman–Crippen MR) is 98.3 cm³/mol. The molecule has 0 amide bonds. The summed E-state index contributed by atoms with van der Waals surface area (Å²) < 4.78 is 0. The highest BCUT2D eigenvalue weighted by Crippen LogP contribution is 2.51. The molecule has 0 radical (unpaired) electrons. The fraction of sp³-hybridized carbons (Fsp3) is 0.333. The molecule has 1 nitrogen and oxygen atoms in total. The van der Waals surface area contributed by atoms with Crippen molar-refractivity contribution in [2.75, 3.05) is 5.32 Å². The van der Waals surface area contributed by atoms with Crippen LogP contribution < -0.4 is 5.32 Å². The third-order valence-corrected chi connectivity index (χ3v) is 5.62. The third kappa shape index (κ3) is 2.48. The zero-order valence-electron chi connectivity index (χ0n) is 13.6.